The van der Waals surface area contributed by atoms with Crippen molar-refractivity contribution in [3.63, 3.8) is 0 Å². The number of sulfone groups is 1. The molecule has 2 aliphatic rings. The first kappa shape index (κ1) is 24.3. The van der Waals surface area contributed by atoms with Crippen LogP contribution in [0.2, 0.25) is 0 Å². The molecule has 9 heteroatoms. The zero-order chi connectivity index (χ0) is 24.6. The standard InChI is InChI=1S/C26H28N2O4S3/c1-33-15-6-14-28-21-13-12-20(17-8-4-9-19(24(17)21)26(28)30)27-25(29)18-7-2-3-10-22(18)35(31,32)23-11-5-16-34-23/h4-5,8-9,11-13,16,18,22H,2-3,6-7,10,14-15H2,1H3,(H,27,29). The molecule has 0 radical (unpaired) electrons. The molecule has 6 nitrogen and oxygen atoms in total. The van der Waals surface area contributed by atoms with Gasteiger partial charge in [-0.15, -0.1) is 11.3 Å². The molecule has 1 aromatic heterocycles. The van der Waals surface area contributed by atoms with E-state index >= 15 is 0 Å². The molecular weight excluding hydrogens is 500 g/mol. The Hall–Kier alpha value is -2.36. The molecule has 1 saturated carbocycles. The first-order chi connectivity index (χ1) is 16.9. The SMILES string of the molecule is CSCCCN1C(=O)c2cccc3c(NC(=O)C4CCCCC4S(=O)(=O)c4cccs4)ccc1c23. The van der Waals surface area contributed by atoms with Gasteiger partial charge in [-0.05, 0) is 60.9 Å². The van der Waals surface area contributed by atoms with Gasteiger partial charge in [0, 0.05) is 28.6 Å². The molecule has 35 heavy (non-hydrogen) atoms. The average molecular weight is 529 g/mol. The normalized spacial score (nSPS) is 19.9. The maximum Gasteiger partial charge on any atom is 0.258 e. The van der Waals surface area contributed by atoms with E-state index in [0.717, 1.165) is 41.5 Å². The number of nitrogens with one attached hydrogen (secondary N) is 1. The second-order valence-electron chi connectivity index (χ2n) is 9.06. The topological polar surface area (TPSA) is 83.6 Å². The van der Waals surface area contributed by atoms with Gasteiger partial charge in [0.2, 0.25) is 5.91 Å². The molecule has 1 aliphatic heterocycles. The van der Waals surface area contributed by atoms with Crippen LogP contribution in [0.15, 0.2) is 52.1 Å². The predicted octanol–water partition coefficient (Wildman–Crippen LogP) is 5.59. The maximum atomic E-state index is 13.5. The highest BCUT2D eigenvalue weighted by Gasteiger charge is 2.41. The van der Waals surface area contributed by atoms with E-state index in [0.29, 0.717) is 34.8 Å². The highest BCUT2D eigenvalue weighted by Crippen LogP contribution is 2.41. The van der Waals surface area contributed by atoms with Gasteiger partial charge in [-0.2, -0.15) is 11.8 Å². The smallest absolute Gasteiger partial charge is 0.258 e. The van der Waals surface area contributed by atoms with E-state index in [2.05, 4.69) is 11.6 Å². The van der Waals surface area contributed by atoms with Gasteiger partial charge in [0.05, 0.1) is 16.9 Å². The van der Waals surface area contributed by atoms with Crippen molar-refractivity contribution in [1.29, 1.82) is 0 Å². The summed E-state index contributed by atoms with van der Waals surface area (Å²) in [7, 11) is -3.57. The average Bonchev–Trinajstić information content (AvgIpc) is 3.51. The van der Waals surface area contributed by atoms with E-state index in [1.807, 2.05) is 35.2 Å². The fourth-order valence-corrected chi connectivity index (χ4v) is 8.99. The van der Waals surface area contributed by atoms with E-state index in [4.69, 9.17) is 0 Å². The van der Waals surface area contributed by atoms with Gasteiger partial charge in [0.1, 0.15) is 4.21 Å². The van der Waals surface area contributed by atoms with Crippen LogP contribution in [0.3, 0.4) is 0 Å². The second kappa shape index (κ2) is 9.95. The summed E-state index contributed by atoms with van der Waals surface area (Å²) in [6.45, 7) is 0.652. The van der Waals surface area contributed by atoms with Crippen molar-refractivity contribution in [3.05, 3.63) is 53.4 Å². The van der Waals surface area contributed by atoms with Gasteiger partial charge in [-0.25, -0.2) is 8.42 Å². The Bertz CT molecular complexity index is 1370. The Labute approximate surface area is 214 Å². The van der Waals surface area contributed by atoms with Crippen molar-refractivity contribution in [2.75, 3.05) is 28.8 Å². The summed E-state index contributed by atoms with van der Waals surface area (Å²) in [5, 5.41) is 5.72. The zero-order valence-electron chi connectivity index (χ0n) is 19.5. The molecule has 2 amide bonds. The lowest BCUT2D eigenvalue weighted by Crippen LogP contribution is -2.40. The third-order valence-electron chi connectivity index (χ3n) is 6.99. The first-order valence-corrected chi connectivity index (χ1v) is 15.7. The summed E-state index contributed by atoms with van der Waals surface area (Å²) >= 11 is 2.96. The number of benzene rings is 2. The molecule has 2 aromatic carbocycles. The number of amides is 2. The van der Waals surface area contributed by atoms with Gasteiger partial charge < -0.3 is 10.2 Å². The summed E-state index contributed by atoms with van der Waals surface area (Å²) in [4.78, 5) is 28.4. The van der Waals surface area contributed by atoms with Gasteiger partial charge in [0.25, 0.3) is 5.91 Å². The molecule has 1 aliphatic carbocycles. The van der Waals surface area contributed by atoms with Gasteiger partial charge in [-0.1, -0.05) is 31.0 Å². The molecular formula is C26H28N2O4S3. The van der Waals surface area contributed by atoms with Crippen molar-refractivity contribution >= 4 is 66.9 Å². The molecule has 1 N–H and O–H groups in total. The molecule has 0 bridgehead atoms. The molecule has 2 unspecified atom stereocenters. The van der Waals surface area contributed by atoms with Crippen LogP contribution in [0, 0.1) is 5.92 Å². The monoisotopic (exact) mass is 528 g/mol. The van der Waals surface area contributed by atoms with Crippen LogP contribution in [0.1, 0.15) is 42.5 Å². The minimum absolute atomic E-state index is 0.00966. The summed E-state index contributed by atoms with van der Waals surface area (Å²) < 4.78 is 26.9. The zero-order valence-corrected chi connectivity index (χ0v) is 22.0. The second-order valence-corrected chi connectivity index (χ2v) is 13.4. The summed E-state index contributed by atoms with van der Waals surface area (Å²) in [5.41, 5.74) is 2.14. The molecule has 2 atom stereocenters. The molecule has 0 saturated heterocycles. The number of nitrogens with zero attached hydrogens (tertiary/aromatic N) is 1. The third-order valence-corrected chi connectivity index (χ3v) is 11.4. The third kappa shape index (κ3) is 4.38. The Morgan fingerprint density at radius 2 is 1.97 bits per heavy atom. The highest BCUT2D eigenvalue weighted by molar-refractivity contribution is 7.98. The van der Waals surface area contributed by atoms with Gasteiger partial charge in [-0.3, -0.25) is 9.59 Å². The van der Waals surface area contributed by atoms with Crippen molar-refractivity contribution in [3.8, 4) is 0 Å². The number of hydrogen-bond donors (Lipinski definition) is 1. The lowest BCUT2D eigenvalue weighted by atomic mass is 9.88. The highest BCUT2D eigenvalue weighted by atomic mass is 32.2. The first-order valence-electron chi connectivity index (χ1n) is 11.9. The summed E-state index contributed by atoms with van der Waals surface area (Å²) in [5.74, 6) is 0.0961. The van der Waals surface area contributed by atoms with E-state index in [-0.39, 0.29) is 11.8 Å². The lowest BCUT2D eigenvalue weighted by molar-refractivity contribution is -0.120. The van der Waals surface area contributed by atoms with Gasteiger partial charge >= 0.3 is 0 Å². The fourth-order valence-electron chi connectivity index (χ4n) is 5.31. The molecule has 0 spiro atoms. The number of thiophene rings is 1. The number of anilines is 2. The summed E-state index contributed by atoms with van der Waals surface area (Å²) in [6, 6.07) is 12.7. The molecule has 1 fully saturated rings. The lowest BCUT2D eigenvalue weighted by Gasteiger charge is -2.30. The van der Waals surface area contributed by atoms with Crippen LogP contribution in [0.25, 0.3) is 10.8 Å². The van der Waals surface area contributed by atoms with Crippen LogP contribution in [0.5, 0.6) is 0 Å². The molecule has 3 aromatic rings. The van der Waals surface area contributed by atoms with E-state index in [9.17, 15) is 18.0 Å². The minimum atomic E-state index is -3.57. The van der Waals surface area contributed by atoms with E-state index in [1.54, 1.807) is 29.3 Å². The predicted molar refractivity (Wildman–Crippen MR) is 145 cm³/mol. The largest absolute Gasteiger partial charge is 0.325 e. The molecule has 5 rings (SSSR count). The molecule has 184 valence electrons. The Morgan fingerprint density at radius 1 is 1.14 bits per heavy atom. The van der Waals surface area contributed by atoms with Crippen molar-refractivity contribution in [1.82, 2.24) is 0 Å². The Kier molecular flexibility index (Phi) is 6.92. The molecule has 2 heterocycles. The Balaban J connectivity index is 1.44. The minimum Gasteiger partial charge on any atom is -0.325 e. The number of carbonyl (C=O) groups is 2. The van der Waals surface area contributed by atoms with Crippen molar-refractivity contribution in [2.24, 2.45) is 5.92 Å². The van der Waals surface area contributed by atoms with Gasteiger partial charge in [0.15, 0.2) is 9.84 Å². The summed E-state index contributed by atoms with van der Waals surface area (Å²) in [6.07, 6.45) is 5.62. The van der Waals surface area contributed by atoms with Crippen LogP contribution in [0.4, 0.5) is 11.4 Å². The Morgan fingerprint density at radius 3 is 2.74 bits per heavy atom. The van der Waals surface area contributed by atoms with E-state index < -0.39 is 21.0 Å². The number of hydrogen-bond acceptors (Lipinski definition) is 6. The van der Waals surface area contributed by atoms with Crippen LogP contribution >= 0.6 is 23.1 Å². The maximum absolute atomic E-state index is 13.5. The van der Waals surface area contributed by atoms with Crippen LogP contribution in [-0.2, 0) is 14.6 Å². The van der Waals surface area contributed by atoms with Crippen molar-refractivity contribution in [2.45, 2.75) is 41.6 Å². The number of carbonyl (C=O) groups excluding carboxylic acids is 2. The van der Waals surface area contributed by atoms with E-state index in [1.165, 1.54) is 11.3 Å². The van der Waals surface area contributed by atoms with Crippen molar-refractivity contribution < 1.29 is 18.0 Å². The van der Waals surface area contributed by atoms with Crippen LogP contribution < -0.4 is 10.2 Å². The number of thioether (sulfide) groups is 1. The van der Waals surface area contributed by atoms with Crippen LogP contribution in [-0.4, -0.2) is 44.0 Å². The number of rotatable bonds is 8. The fraction of sp³-hybridized carbons (Fsp3) is 0.385. The quantitative estimate of drug-likeness (QED) is 0.386.